The van der Waals surface area contributed by atoms with E-state index in [2.05, 4.69) is 35.7 Å². The van der Waals surface area contributed by atoms with Gasteiger partial charge in [-0.1, -0.05) is 18.2 Å². The van der Waals surface area contributed by atoms with Gasteiger partial charge in [0.25, 0.3) is 0 Å². The molecule has 0 fully saturated rings. The van der Waals surface area contributed by atoms with Crippen LogP contribution in [0.4, 0.5) is 10.2 Å². The van der Waals surface area contributed by atoms with Crippen LogP contribution in [0.15, 0.2) is 30.6 Å². The van der Waals surface area contributed by atoms with Crippen LogP contribution in [0.5, 0.6) is 0 Å². The van der Waals surface area contributed by atoms with Crippen LogP contribution in [0.1, 0.15) is 23.5 Å². The molecule has 1 aliphatic rings. The van der Waals surface area contributed by atoms with Gasteiger partial charge < -0.3 is 9.88 Å². The molecule has 25 heavy (non-hydrogen) atoms. The molecule has 0 atom stereocenters. The third-order valence-corrected chi connectivity index (χ3v) is 4.30. The topological polar surface area (TPSA) is 85.5 Å². The van der Waals surface area contributed by atoms with Crippen LogP contribution in [0.3, 0.4) is 0 Å². The maximum atomic E-state index is 13.8. The van der Waals surface area contributed by atoms with Gasteiger partial charge in [0.05, 0.1) is 18.7 Å². The molecule has 3 heterocycles. The van der Waals surface area contributed by atoms with Gasteiger partial charge in [0.15, 0.2) is 5.82 Å². The minimum absolute atomic E-state index is 0.234. The lowest BCUT2D eigenvalue weighted by Gasteiger charge is -2.16. The number of hydrogen-bond acceptors (Lipinski definition) is 6. The van der Waals surface area contributed by atoms with Crippen molar-refractivity contribution >= 4 is 5.82 Å². The second kappa shape index (κ2) is 6.98. The lowest BCUT2D eigenvalue weighted by Crippen LogP contribution is -2.28. The Bertz CT molecular complexity index is 855. The molecule has 0 radical (unpaired) electrons. The van der Waals surface area contributed by atoms with Gasteiger partial charge in [-0.3, -0.25) is 5.32 Å². The van der Waals surface area contributed by atoms with Crippen molar-refractivity contribution in [2.45, 2.75) is 32.5 Å². The van der Waals surface area contributed by atoms with Crippen molar-refractivity contribution in [3.63, 3.8) is 0 Å². The van der Waals surface area contributed by atoms with E-state index >= 15 is 0 Å². The Morgan fingerprint density at radius 2 is 2.12 bits per heavy atom. The number of halogens is 1. The number of aryl methyl sites for hydroxylation is 2. The predicted octanol–water partition coefficient (Wildman–Crippen LogP) is 1.16. The van der Waals surface area contributed by atoms with Crippen LogP contribution in [-0.4, -0.2) is 36.4 Å². The smallest absolute Gasteiger partial charge is 0.155 e. The minimum atomic E-state index is -0.234. The molecule has 0 unspecified atom stereocenters. The van der Waals surface area contributed by atoms with Gasteiger partial charge in [-0.15, -0.1) is 5.10 Å². The maximum absolute atomic E-state index is 13.8. The Kier molecular flexibility index (Phi) is 4.38. The number of rotatable bonds is 6. The first-order valence-electron chi connectivity index (χ1n) is 8.28. The molecular formula is C16H19FN8. The molecule has 0 saturated carbocycles. The molecule has 0 spiro atoms. The summed E-state index contributed by atoms with van der Waals surface area (Å²) >= 11 is 0. The number of imidazole rings is 1. The number of hydrogen-bond donors (Lipinski definition) is 2. The lowest BCUT2D eigenvalue weighted by molar-refractivity contribution is 0.491. The van der Waals surface area contributed by atoms with E-state index in [1.807, 2.05) is 12.4 Å². The first-order valence-corrected chi connectivity index (χ1v) is 8.28. The fourth-order valence-corrected chi connectivity index (χ4v) is 2.99. The molecule has 4 rings (SSSR count). The van der Waals surface area contributed by atoms with Gasteiger partial charge in [0.2, 0.25) is 0 Å². The highest BCUT2D eigenvalue weighted by Gasteiger charge is 2.14. The Labute approximate surface area is 144 Å². The molecule has 8 nitrogen and oxygen atoms in total. The zero-order valence-electron chi connectivity index (χ0n) is 13.7. The average Bonchev–Trinajstić information content (AvgIpc) is 3.24. The van der Waals surface area contributed by atoms with Gasteiger partial charge in [-0.05, 0) is 28.5 Å². The first-order chi connectivity index (χ1) is 12.3. The summed E-state index contributed by atoms with van der Waals surface area (Å²) in [6.45, 7) is 3.05. The SMILES string of the molecule is Fc1ccccc1Cc1nnnn1CCCn1cnc2c1CNCN2. The van der Waals surface area contributed by atoms with E-state index in [9.17, 15) is 4.39 Å². The molecule has 2 N–H and O–H groups in total. The van der Waals surface area contributed by atoms with Crippen LogP contribution in [0.25, 0.3) is 0 Å². The Balaban J connectivity index is 1.39. The fraction of sp³-hybridized carbons (Fsp3) is 0.375. The molecular weight excluding hydrogens is 323 g/mol. The molecule has 0 saturated heterocycles. The molecule has 1 aliphatic heterocycles. The molecule has 9 heteroatoms. The molecule has 2 aromatic heterocycles. The van der Waals surface area contributed by atoms with E-state index in [0.717, 1.165) is 37.7 Å². The van der Waals surface area contributed by atoms with Crippen molar-refractivity contribution in [2.75, 3.05) is 12.0 Å². The third-order valence-electron chi connectivity index (χ3n) is 4.30. The average molecular weight is 342 g/mol. The number of fused-ring (bicyclic) bond motifs is 1. The van der Waals surface area contributed by atoms with E-state index in [4.69, 9.17) is 0 Å². The monoisotopic (exact) mass is 342 g/mol. The fourth-order valence-electron chi connectivity index (χ4n) is 2.99. The molecule has 3 aromatic rings. The molecule has 0 amide bonds. The summed E-state index contributed by atoms with van der Waals surface area (Å²) in [5.74, 6) is 1.38. The van der Waals surface area contributed by atoms with Gasteiger partial charge in [-0.25, -0.2) is 14.1 Å². The van der Waals surface area contributed by atoms with Crippen LogP contribution in [0, 0.1) is 5.82 Å². The zero-order chi connectivity index (χ0) is 17.1. The van der Waals surface area contributed by atoms with E-state index in [1.54, 1.807) is 16.8 Å². The van der Waals surface area contributed by atoms with Crippen LogP contribution < -0.4 is 10.6 Å². The van der Waals surface area contributed by atoms with Crippen molar-refractivity contribution in [1.29, 1.82) is 0 Å². The standard InChI is InChI=1S/C16H19FN8/c17-13-5-2-1-4-12(13)8-15-21-22-23-25(15)7-3-6-24-11-20-16-14(24)9-18-10-19-16/h1-2,4-5,11,18-19H,3,6-10H2. The Morgan fingerprint density at radius 3 is 3.04 bits per heavy atom. The largest absolute Gasteiger partial charge is 0.356 e. The summed E-state index contributed by atoms with van der Waals surface area (Å²) in [5, 5.41) is 18.3. The highest BCUT2D eigenvalue weighted by molar-refractivity contribution is 5.42. The summed E-state index contributed by atoms with van der Waals surface area (Å²) < 4.78 is 17.7. The Morgan fingerprint density at radius 1 is 1.20 bits per heavy atom. The van der Waals surface area contributed by atoms with Gasteiger partial charge in [-0.2, -0.15) is 0 Å². The number of anilines is 1. The number of nitrogens with one attached hydrogen (secondary N) is 2. The first kappa shape index (κ1) is 15.7. The molecule has 130 valence electrons. The second-order valence-corrected chi connectivity index (χ2v) is 5.95. The summed E-state index contributed by atoms with van der Waals surface area (Å²) in [6.07, 6.45) is 3.09. The number of aromatic nitrogens is 6. The van der Waals surface area contributed by atoms with E-state index in [1.165, 1.54) is 6.07 Å². The highest BCUT2D eigenvalue weighted by atomic mass is 19.1. The van der Waals surface area contributed by atoms with Crippen LogP contribution in [0.2, 0.25) is 0 Å². The van der Waals surface area contributed by atoms with E-state index in [-0.39, 0.29) is 5.82 Å². The normalized spacial score (nSPS) is 13.5. The van der Waals surface area contributed by atoms with Crippen molar-refractivity contribution in [3.8, 4) is 0 Å². The van der Waals surface area contributed by atoms with Crippen molar-refractivity contribution < 1.29 is 4.39 Å². The predicted molar refractivity (Wildman–Crippen MR) is 89.2 cm³/mol. The summed E-state index contributed by atoms with van der Waals surface area (Å²) in [4.78, 5) is 4.38. The number of tetrazole rings is 1. The quantitative estimate of drug-likeness (QED) is 0.699. The van der Waals surface area contributed by atoms with Crippen LogP contribution in [-0.2, 0) is 26.1 Å². The third kappa shape index (κ3) is 3.36. The minimum Gasteiger partial charge on any atom is -0.356 e. The van der Waals surface area contributed by atoms with E-state index < -0.39 is 0 Å². The highest BCUT2D eigenvalue weighted by Crippen LogP contribution is 2.16. The van der Waals surface area contributed by atoms with Crippen LogP contribution >= 0.6 is 0 Å². The van der Waals surface area contributed by atoms with Gasteiger partial charge >= 0.3 is 0 Å². The lowest BCUT2D eigenvalue weighted by atomic mass is 10.1. The maximum Gasteiger partial charge on any atom is 0.155 e. The molecule has 1 aromatic carbocycles. The molecule has 0 aliphatic carbocycles. The Hall–Kier alpha value is -2.81. The number of nitrogens with zero attached hydrogens (tertiary/aromatic N) is 6. The van der Waals surface area contributed by atoms with Gasteiger partial charge in [0, 0.05) is 26.1 Å². The van der Waals surface area contributed by atoms with Crippen molar-refractivity contribution in [2.24, 2.45) is 0 Å². The second-order valence-electron chi connectivity index (χ2n) is 5.95. The van der Waals surface area contributed by atoms with Gasteiger partial charge in [0.1, 0.15) is 11.6 Å². The van der Waals surface area contributed by atoms with Crippen molar-refractivity contribution in [3.05, 3.63) is 53.5 Å². The summed E-state index contributed by atoms with van der Waals surface area (Å²) in [5.41, 5.74) is 1.76. The summed E-state index contributed by atoms with van der Waals surface area (Å²) in [7, 11) is 0. The van der Waals surface area contributed by atoms with Crippen molar-refractivity contribution in [1.82, 2.24) is 35.1 Å². The number of benzene rings is 1. The van der Waals surface area contributed by atoms with E-state index in [0.29, 0.717) is 24.4 Å². The zero-order valence-corrected chi connectivity index (χ0v) is 13.7. The summed E-state index contributed by atoms with van der Waals surface area (Å²) in [6, 6.07) is 6.70. The molecule has 0 bridgehead atoms.